The number of rotatable bonds is 6. The number of hydrogen-bond donors (Lipinski definition) is 1. The molecule has 2 aromatic rings. The van der Waals surface area contributed by atoms with Crippen LogP contribution in [0, 0.1) is 0 Å². The molecular weight excluding hydrogens is 322 g/mol. The van der Waals surface area contributed by atoms with Crippen LogP contribution in [-0.4, -0.2) is 36.9 Å². The molecule has 0 saturated heterocycles. The highest BCUT2D eigenvalue weighted by Crippen LogP contribution is 2.27. The molecule has 0 radical (unpaired) electrons. The van der Waals surface area contributed by atoms with Crippen molar-refractivity contribution in [3.05, 3.63) is 24.5 Å². The SMILES string of the molecule is CCn1c(S[C@H](C)C(=O)NC2CCCC2)nnc1-c1cccnc1. The average molecular weight is 345 g/mol. The monoisotopic (exact) mass is 345 g/mol. The first-order valence-electron chi connectivity index (χ1n) is 8.49. The molecule has 0 aliphatic heterocycles. The molecule has 6 nitrogen and oxygen atoms in total. The third kappa shape index (κ3) is 3.77. The third-order valence-electron chi connectivity index (χ3n) is 4.31. The fourth-order valence-electron chi connectivity index (χ4n) is 2.97. The summed E-state index contributed by atoms with van der Waals surface area (Å²) in [6.07, 6.45) is 8.14. The van der Waals surface area contributed by atoms with Crippen LogP contribution >= 0.6 is 11.8 Å². The molecule has 1 atom stereocenters. The Hall–Kier alpha value is -1.89. The van der Waals surface area contributed by atoms with Crippen molar-refractivity contribution >= 4 is 17.7 Å². The van der Waals surface area contributed by atoms with E-state index in [0.717, 1.165) is 35.9 Å². The van der Waals surface area contributed by atoms with Gasteiger partial charge in [0.2, 0.25) is 5.91 Å². The molecule has 1 amide bonds. The van der Waals surface area contributed by atoms with E-state index in [1.165, 1.54) is 24.6 Å². The smallest absolute Gasteiger partial charge is 0.233 e. The van der Waals surface area contributed by atoms with Gasteiger partial charge in [-0.25, -0.2) is 0 Å². The van der Waals surface area contributed by atoms with Crippen molar-refractivity contribution in [2.75, 3.05) is 0 Å². The first-order valence-corrected chi connectivity index (χ1v) is 9.37. The number of carbonyl (C=O) groups is 1. The maximum atomic E-state index is 12.4. The molecule has 1 saturated carbocycles. The van der Waals surface area contributed by atoms with Crippen LogP contribution in [0.1, 0.15) is 39.5 Å². The van der Waals surface area contributed by atoms with Crippen LogP contribution in [-0.2, 0) is 11.3 Å². The molecular formula is C17H23N5OS. The molecule has 1 fully saturated rings. The lowest BCUT2D eigenvalue weighted by atomic mass is 10.2. The summed E-state index contributed by atoms with van der Waals surface area (Å²) in [6, 6.07) is 4.19. The van der Waals surface area contributed by atoms with Gasteiger partial charge in [-0.1, -0.05) is 24.6 Å². The Morgan fingerprint density at radius 3 is 2.88 bits per heavy atom. The van der Waals surface area contributed by atoms with Crippen molar-refractivity contribution in [1.82, 2.24) is 25.1 Å². The first kappa shape index (κ1) is 17.0. The van der Waals surface area contributed by atoms with Crippen LogP contribution in [0.25, 0.3) is 11.4 Å². The van der Waals surface area contributed by atoms with Crippen molar-refractivity contribution in [3.63, 3.8) is 0 Å². The standard InChI is InChI=1S/C17H23N5OS/c1-3-22-15(13-7-6-10-18-11-13)20-21-17(22)24-12(2)16(23)19-14-8-4-5-9-14/h6-7,10-12,14H,3-5,8-9H2,1-2H3,(H,19,23)/t12-/m1/s1. The van der Waals surface area contributed by atoms with Gasteiger partial charge in [-0.05, 0) is 38.8 Å². The van der Waals surface area contributed by atoms with E-state index in [0.29, 0.717) is 6.04 Å². The van der Waals surface area contributed by atoms with Crippen LogP contribution in [0.5, 0.6) is 0 Å². The maximum Gasteiger partial charge on any atom is 0.233 e. The summed E-state index contributed by atoms with van der Waals surface area (Å²) in [7, 11) is 0. The van der Waals surface area contributed by atoms with Crippen molar-refractivity contribution in [2.45, 2.75) is 62.5 Å². The van der Waals surface area contributed by atoms with Crippen molar-refractivity contribution < 1.29 is 4.79 Å². The maximum absolute atomic E-state index is 12.4. The number of aromatic nitrogens is 4. The lowest BCUT2D eigenvalue weighted by Crippen LogP contribution is -2.37. The van der Waals surface area contributed by atoms with Crippen LogP contribution in [0.3, 0.4) is 0 Å². The number of nitrogens with one attached hydrogen (secondary N) is 1. The van der Waals surface area contributed by atoms with Gasteiger partial charge in [0.05, 0.1) is 5.25 Å². The van der Waals surface area contributed by atoms with E-state index < -0.39 is 0 Å². The summed E-state index contributed by atoms with van der Waals surface area (Å²) in [5.74, 6) is 0.872. The zero-order valence-electron chi connectivity index (χ0n) is 14.1. The van der Waals surface area contributed by atoms with Gasteiger partial charge in [-0.2, -0.15) is 0 Å². The summed E-state index contributed by atoms with van der Waals surface area (Å²) in [4.78, 5) is 16.5. The van der Waals surface area contributed by atoms with Crippen molar-refractivity contribution in [3.8, 4) is 11.4 Å². The third-order valence-corrected chi connectivity index (χ3v) is 5.39. The lowest BCUT2D eigenvalue weighted by molar-refractivity contribution is -0.120. The Morgan fingerprint density at radius 2 is 2.21 bits per heavy atom. The topological polar surface area (TPSA) is 72.7 Å². The Kier molecular flexibility index (Phi) is 5.50. The van der Waals surface area contributed by atoms with Gasteiger partial charge in [-0.3, -0.25) is 9.78 Å². The summed E-state index contributed by atoms with van der Waals surface area (Å²) in [5, 5.41) is 12.3. The molecule has 2 heterocycles. The highest BCUT2D eigenvalue weighted by atomic mass is 32.2. The zero-order valence-corrected chi connectivity index (χ0v) is 14.9. The number of pyridine rings is 1. The van der Waals surface area contributed by atoms with E-state index in [2.05, 4.69) is 27.4 Å². The molecule has 24 heavy (non-hydrogen) atoms. The van der Waals surface area contributed by atoms with E-state index >= 15 is 0 Å². The normalized spacial score (nSPS) is 16.2. The van der Waals surface area contributed by atoms with Gasteiger partial charge in [0.15, 0.2) is 11.0 Å². The molecule has 128 valence electrons. The number of amides is 1. The number of thioether (sulfide) groups is 1. The summed E-state index contributed by atoms with van der Waals surface area (Å²) < 4.78 is 2.03. The van der Waals surface area contributed by atoms with Gasteiger partial charge in [0, 0.05) is 30.5 Å². The predicted molar refractivity (Wildman–Crippen MR) is 94.6 cm³/mol. The molecule has 1 N–H and O–H groups in total. The second-order valence-corrected chi connectivity index (χ2v) is 7.35. The summed E-state index contributed by atoms with van der Waals surface area (Å²) in [6.45, 7) is 4.72. The molecule has 7 heteroatoms. The molecule has 1 aliphatic carbocycles. The van der Waals surface area contributed by atoms with Crippen LogP contribution < -0.4 is 5.32 Å². The first-order chi connectivity index (χ1) is 11.7. The Labute approximate surface area is 146 Å². The molecule has 3 rings (SSSR count). The average Bonchev–Trinajstić information content (AvgIpc) is 3.25. The highest BCUT2D eigenvalue weighted by molar-refractivity contribution is 8.00. The molecule has 1 aliphatic rings. The molecule has 0 spiro atoms. The Morgan fingerprint density at radius 1 is 1.42 bits per heavy atom. The lowest BCUT2D eigenvalue weighted by Gasteiger charge is -2.16. The molecule has 0 aromatic carbocycles. The van der Waals surface area contributed by atoms with E-state index in [1.54, 1.807) is 12.4 Å². The minimum atomic E-state index is -0.193. The minimum absolute atomic E-state index is 0.0838. The largest absolute Gasteiger partial charge is 0.352 e. The summed E-state index contributed by atoms with van der Waals surface area (Å²) >= 11 is 1.46. The van der Waals surface area contributed by atoms with Gasteiger partial charge in [0.25, 0.3) is 0 Å². The second-order valence-electron chi connectivity index (χ2n) is 6.04. The fraction of sp³-hybridized carbons (Fsp3) is 0.529. The predicted octanol–water partition coefficient (Wildman–Crippen LogP) is 2.90. The molecule has 0 bridgehead atoms. The van der Waals surface area contributed by atoms with E-state index in [9.17, 15) is 4.79 Å². The van der Waals surface area contributed by atoms with E-state index in [4.69, 9.17) is 0 Å². The zero-order chi connectivity index (χ0) is 16.9. The van der Waals surface area contributed by atoms with E-state index in [-0.39, 0.29) is 11.2 Å². The minimum Gasteiger partial charge on any atom is -0.352 e. The Bertz CT molecular complexity index is 682. The quantitative estimate of drug-likeness (QED) is 0.815. The van der Waals surface area contributed by atoms with Crippen LogP contribution in [0.4, 0.5) is 0 Å². The number of nitrogens with zero attached hydrogens (tertiary/aromatic N) is 4. The number of hydrogen-bond acceptors (Lipinski definition) is 5. The highest BCUT2D eigenvalue weighted by Gasteiger charge is 2.23. The van der Waals surface area contributed by atoms with Crippen molar-refractivity contribution in [2.24, 2.45) is 0 Å². The Balaban J connectivity index is 1.70. The van der Waals surface area contributed by atoms with Gasteiger partial charge < -0.3 is 9.88 Å². The van der Waals surface area contributed by atoms with E-state index in [1.807, 2.05) is 23.6 Å². The molecule has 2 aromatic heterocycles. The van der Waals surface area contributed by atoms with Gasteiger partial charge in [-0.15, -0.1) is 10.2 Å². The van der Waals surface area contributed by atoms with Crippen LogP contribution in [0.2, 0.25) is 0 Å². The fourth-order valence-corrected chi connectivity index (χ4v) is 3.89. The summed E-state index contributed by atoms with van der Waals surface area (Å²) in [5.41, 5.74) is 0.932. The second kappa shape index (κ2) is 7.79. The number of carbonyl (C=O) groups excluding carboxylic acids is 1. The van der Waals surface area contributed by atoms with Gasteiger partial charge >= 0.3 is 0 Å². The van der Waals surface area contributed by atoms with Gasteiger partial charge in [0.1, 0.15) is 0 Å². The van der Waals surface area contributed by atoms with Crippen molar-refractivity contribution in [1.29, 1.82) is 0 Å². The molecule has 0 unspecified atom stereocenters. The van der Waals surface area contributed by atoms with Crippen LogP contribution in [0.15, 0.2) is 29.7 Å².